The van der Waals surface area contributed by atoms with E-state index < -0.39 is 29.6 Å². The van der Waals surface area contributed by atoms with E-state index >= 15 is 0 Å². The zero-order valence-corrected chi connectivity index (χ0v) is 25.9. The molecule has 2 aromatic rings. The van der Waals surface area contributed by atoms with Crippen molar-refractivity contribution in [2.75, 3.05) is 6.54 Å². The predicted octanol–water partition coefficient (Wildman–Crippen LogP) is 5.48. The molecule has 3 atom stereocenters. The lowest BCUT2D eigenvalue weighted by Gasteiger charge is -2.29. The number of rotatable bonds is 12. The minimum atomic E-state index is -1.11. The molecule has 0 radical (unpaired) electrons. The molecular formula is C34H45N3O5S. The van der Waals surface area contributed by atoms with Crippen molar-refractivity contribution in [3.8, 4) is 0 Å². The van der Waals surface area contributed by atoms with Crippen LogP contribution in [-0.4, -0.2) is 47.9 Å². The molecule has 1 aliphatic heterocycles. The van der Waals surface area contributed by atoms with E-state index in [4.69, 9.17) is 0 Å². The van der Waals surface area contributed by atoms with Gasteiger partial charge in [-0.1, -0.05) is 69.6 Å². The van der Waals surface area contributed by atoms with E-state index in [0.717, 1.165) is 74.3 Å². The minimum Gasteiger partial charge on any atom is -0.356 e. The van der Waals surface area contributed by atoms with Gasteiger partial charge in [-0.25, -0.2) is 0 Å². The van der Waals surface area contributed by atoms with Crippen LogP contribution in [0.1, 0.15) is 106 Å². The Morgan fingerprint density at radius 3 is 2.33 bits per heavy atom. The summed E-state index contributed by atoms with van der Waals surface area (Å²) >= 11 is 1.44. The Morgan fingerprint density at radius 1 is 0.884 bits per heavy atom. The molecule has 3 N–H and O–H groups in total. The van der Waals surface area contributed by atoms with Crippen molar-refractivity contribution >= 4 is 50.7 Å². The first kappa shape index (κ1) is 31.4. The fraction of sp³-hybridized carbons (Fsp3) is 0.618. The van der Waals surface area contributed by atoms with Crippen LogP contribution in [-0.2, 0) is 19.2 Å². The van der Waals surface area contributed by atoms with E-state index in [0.29, 0.717) is 30.2 Å². The monoisotopic (exact) mass is 607 g/mol. The Kier molecular flexibility index (Phi) is 11.0. The number of hydrogen-bond donors (Lipinski definition) is 3. The molecule has 8 nitrogen and oxygen atoms in total. The van der Waals surface area contributed by atoms with Gasteiger partial charge < -0.3 is 16.0 Å². The van der Waals surface area contributed by atoms with Crippen molar-refractivity contribution in [1.29, 1.82) is 0 Å². The van der Waals surface area contributed by atoms with Crippen LogP contribution >= 0.6 is 11.3 Å². The van der Waals surface area contributed by atoms with Crippen LogP contribution < -0.4 is 16.0 Å². The second kappa shape index (κ2) is 15.1. The highest BCUT2D eigenvalue weighted by Crippen LogP contribution is 2.33. The number of thiophene rings is 1. The maximum Gasteiger partial charge on any atom is 0.289 e. The molecular weight excluding hydrogens is 562 g/mol. The zero-order chi connectivity index (χ0) is 30.2. The van der Waals surface area contributed by atoms with Crippen LogP contribution in [0.2, 0.25) is 0 Å². The largest absolute Gasteiger partial charge is 0.356 e. The average molecular weight is 608 g/mol. The average Bonchev–Trinajstić information content (AvgIpc) is 3.47. The Labute approximate surface area is 258 Å². The molecule has 2 heterocycles. The Bertz CT molecular complexity index is 1280. The maximum atomic E-state index is 14.0. The van der Waals surface area contributed by atoms with Gasteiger partial charge in [-0.3, -0.25) is 24.0 Å². The second-order valence-electron chi connectivity index (χ2n) is 12.8. The summed E-state index contributed by atoms with van der Waals surface area (Å²) in [5.41, 5.74) is 0. The van der Waals surface area contributed by atoms with Crippen molar-refractivity contribution < 1.29 is 24.0 Å². The van der Waals surface area contributed by atoms with Crippen molar-refractivity contribution in [3.05, 3.63) is 35.2 Å². The van der Waals surface area contributed by atoms with Crippen LogP contribution in [0.15, 0.2) is 30.3 Å². The van der Waals surface area contributed by atoms with Gasteiger partial charge in [0.05, 0.1) is 10.9 Å². The third-order valence-electron chi connectivity index (χ3n) is 9.56. The molecule has 9 heteroatoms. The number of ketones is 2. The summed E-state index contributed by atoms with van der Waals surface area (Å²) in [6.07, 6.45) is 12.4. The van der Waals surface area contributed by atoms with Gasteiger partial charge in [0, 0.05) is 35.5 Å². The standard InChI is InChI=1S/C34H45N3O5S/c38-28(30-21-23-12-7-8-16-29(23)43-30)20-25(18-22-10-3-1-4-11-22)33(41)37-27(19-24-13-9-17-35-32(24)40)31(39)34(42)36-26-14-5-2-6-15-26/h7-8,12,16,21-22,24-27H,1-6,9-11,13-15,17-20H2,(H,35,40)(H,36,42)(H,37,41)/t24-,25+,27-/m0/s1. The number of fused-ring (bicyclic) bond motifs is 1. The number of nitrogens with one attached hydrogen (secondary N) is 3. The summed E-state index contributed by atoms with van der Waals surface area (Å²) in [6, 6.07) is 8.58. The Balaban J connectivity index is 1.33. The lowest BCUT2D eigenvalue weighted by Crippen LogP contribution is -2.53. The highest BCUT2D eigenvalue weighted by atomic mass is 32.1. The van der Waals surface area contributed by atoms with E-state index in [1.807, 2.05) is 30.3 Å². The van der Waals surface area contributed by atoms with E-state index in [9.17, 15) is 24.0 Å². The molecule has 1 saturated heterocycles. The molecule has 0 spiro atoms. The van der Waals surface area contributed by atoms with Crippen LogP contribution in [0.3, 0.4) is 0 Å². The van der Waals surface area contributed by atoms with E-state index in [-0.39, 0.29) is 36.5 Å². The summed E-state index contributed by atoms with van der Waals surface area (Å²) in [7, 11) is 0. The smallest absolute Gasteiger partial charge is 0.289 e. The first-order valence-corrected chi connectivity index (χ1v) is 17.1. The van der Waals surface area contributed by atoms with E-state index in [1.54, 1.807) is 0 Å². The molecule has 232 valence electrons. The number of amides is 3. The van der Waals surface area contributed by atoms with Gasteiger partial charge in [0.2, 0.25) is 17.6 Å². The fourth-order valence-corrected chi connectivity index (χ4v) is 8.09. The number of piperidine rings is 1. The summed E-state index contributed by atoms with van der Waals surface area (Å²) < 4.78 is 1.03. The van der Waals surface area contributed by atoms with Crippen molar-refractivity contribution in [2.45, 2.75) is 108 Å². The Hall–Kier alpha value is -3.07. The molecule has 3 aliphatic rings. The quantitative estimate of drug-likeness (QED) is 0.218. The third kappa shape index (κ3) is 8.52. The molecule has 43 heavy (non-hydrogen) atoms. The highest BCUT2D eigenvalue weighted by molar-refractivity contribution is 7.20. The molecule has 3 fully saturated rings. The SMILES string of the molecule is O=C(NC1CCCCC1)C(=O)[C@H](C[C@@H]1CCCNC1=O)NC(=O)[C@@H](CC(=O)c1cc2ccccc2s1)CC1CCCCC1. The molecule has 0 bridgehead atoms. The number of carbonyl (C=O) groups is 5. The Morgan fingerprint density at radius 2 is 1.60 bits per heavy atom. The molecule has 1 aromatic heterocycles. The van der Waals surface area contributed by atoms with Crippen molar-refractivity contribution in [1.82, 2.24) is 16.0 Å². The third-order valence-corrected chi connectivity index (χ3v) is 10.7. The first-order chi connectivity index (χ1) is 20.9. The van der Waals surface area contributed by atoms with Crippen LogP contribution in [0.4, 0.5) is 0 Å². The van der Waals surface area contributed by atoms with Crippen molar-refractivity contribution in [3.63, 3.8) is 0 Å². The minimum absolute atomic E-state index is 0.0440. The van der Waals surface area contributed by atoms with Gasteiger partial charge in [-0.2, -0.15) is 0 Å². The number of benzene rings is 1. The zero-order valence-electron chi connectivity index (χ0n) is 25.0. The molecule has 1 aromatic carbocycles. The van der Waals surface area contributed by atoms with Crippen molar-refractivity contribution in [2.24, 2.45) is 17.8 Å². The molecule has 0 unspecified atom stereocenters. The highest BCUT2D eigenvalue weighted by Gasteiger charge is 2.36. The number of carbonyl (C=O) groups excluding carboxylic acids is 5. The summed E-state index contributed by atoms with van der Waals surface area (Å²) in [4.78, 5) is 67.4. The van der Waals surface area contributed by atoms with Gasteiger partial charge in [-0.05, 0) is 62.0 Å². The first-order valence-electron chi connectivity index (χ1n) is 16.3. The lowest BCUT2D eigenvalue weighted by atomic mass is 9.80. The van der Waals surface area contributed by atoms with E-state index in [2.05, 4.69) is 16.0 Å². The van der Waals surface area contributed by atoms with Gasteiger partial charge in [0.15, 0.2) is 5.78 Å². The van der Waals surface area contributed by atoms with Gasteiger partial charge in [0.25, 0.3) is 5.91 Å². The predicted molar refractivity (Wildman–Crippen MR) is 168 cm³/mol. The van der Waals surface area contributed by atoms with Gasteiger partial charge in [-0.15, -0.1) is 11.3 Å². The molecule has 2 aliphatic carbocycles. The molecule has 5 rings (SSSR count). The normalized spacial score (nSPS) is 21.5. The van der Waals surface area contributed by atoms with Gasteiger partial charge in [0.1, 0.15) is 0 Å². The van der Waals surface area contributed by atoms with Gasteiger partial charge >= 0.3 is 0 Å². The molecule has 3 amide bonds. The van der Waals surface area contributed by atoms with Crippen LogP contribution in [0.25, 0.3) is 10.1 Å². The maximum absolute atomic E-state index is 14.0. The lowest BCUT2D eigenvalue weighted by molar-refractivity contribution is -0.142. The topological polar surface area (TPSA) is 121 Å². The molecule has 2 saturated carbocycles. The van der Waals surface area contributed by atoms with Crippen LogP contribution in [0.5, 0.6) is 0 Å². The van der Waals surface area contributed by atoms with Crippen LogP contribution in [0, 0.1) is 17.8 Å². The number of Topliss-reactive ketones (excluding diaryl/α,β-unsaturated/α-hetero) is 2. The number of hydrogen-bond acceptors (Lipinski definition) is 6. The fourth-order valence-electron chi connectivity index (χ4n) is 7.08. The summed E-state index contributed by atoms with van der Waals surface area (Å²) in [6.45, 7) is 0.589. The summed E-state index contributed by atoms with van der Waals surface area (Å²) in [5.74, 6) is -2.73. The second-order valence-corrected chi connectivity index (χ2v) is 13.9. The summed E-state index contributed by atoms with van der Waals surface area (Å²) in [5, 5.41) is 9.64. The van der Waals surface area contributed by atoms with E-state index in [1.165, 1.54) is 17.8 Å².